The summed E-state index contributed by atoms with van der Waals surface area (Å²) >= 11 is 0. The van der Waals surface area contributed by atoms with Gasteiger partial charge >= 0.3 is 26.6 Å². The summed E-state index contributed by atoms with van der Waals surface area (Å²) in [6, 6.07) is 25.7. The van der Waals surface area contributed by atoms with Gasteiger partial charge in [0.15, 0.2) is 11.2 Å². The zero-order chi connectivity index (χ0) is 57.4. The molecule has 0 bridgehead atoms. The maximum atomic E-state index is 14.8. The van der Waals surface area contributed by atoms with Crippen LogP contribution in [0.2, 0.25) is 0 Å². The molecular weight excluding hydrogens is 1100 g/mol. The Balaban J connectivity index is 0.892. The molecule has 4 aromatic heterocycles. The highest BCUT2D eigenvalue weighted by molar-refractivity contribution is 7.53. The Morgan fingerprint density at radius 2 is 1.22 bits per heavy atom. The van der Waals surface area contributed by atoms with Crippen LogP contribution in [0.5, 0.6) is 11.5 Å². The number of aliphatic hydroxyl groups excluding tert-OH is 1. The Bertz CT molecular complexity index is 3680. The molecule has 7 N–H and O–H groups in total. The first kappa shape index (κ1) is 57.1. The molecular formula is C52H60N10O17P2. The average Bonchev–Trinajstić information content (AvgIpc) is 4.16. The Morgan fingerprint density at radius 3 is 1.81 bits per heavy atom. The largest absolute Gasteiger partial charge is 0.497 e. The Hall–Kier alpha value is -7.13. The van der Waals surface area contributed by atoms with Gasteiger partial charge in [-0.1, -0.05) is 54.6 Å². The van der Waals surface area contributed by atoms with Crippen LogP contribution in [0.15, 0.2) is 123 Å². The zero-order valence-electron chi connectivity index (χ0n) is 44.5. The molecule has 27 nitrogen and oxygen atoms in total. The fourth-order valence-corrected chi connectivity index (χ4v) is 12.5. The van der Waals surface area contributed by atoms with Crippen molar-refractivity contribution in [3.8, 4) is 11.5 Å². The van der Waals surface area contributed by atoms with Crippen LogP contribution < -0.4 is 43.4 Å². The lowest BCUT2D eigenvalue weighted by molar-refractivity contribution is -0.0932. The molecule has 3 aliphatic heterocycles. The van der Waals surface area contributed by atoms with Crippen LogP contribution in [-0.4, -0.2) is 128 Å². The molecule has 3 aromatic carbocycles. The molecule has 81 heavy (non-hydrogen) atoms. The van der Waals surface area contributed by atoms with Crippen molar-refractivity contribution in [1.29, 1.82) is 0 Å². The first-order valence-corrected chi connectivity index (χ1v) is 29.5. The molecule has 29 heteroatoms. The molecule has 430 valence electrons. The molecule has 0 amide bonds. The molecule has 11 atom stereocenters. The second-order valence-electron chi connectivity index (χ2n) is 19.7. The minimum atomic E-state index is -4.22. The molecule has 0 saturated carbocycles. The van der Waals surface area contributed by atoms with Gasteiger partial charge in [-0.2, -0.15) is 9.97 Å². The molecule has 0 unspecified atom stereocenters. The Labute approximate surface area is 461 Å². The minimum absolute atomic E-state index is 0.00699. The first-order chi connectivity index (χ1) is 38.7. The third kappa shape index (κ3) is 12.2. The van der Waals surface area contributed by atoms with Gasteiger partial charge in [-0.05, 0) is 53.9 Å². The number of nitrogens with zero attached hydrogens (tertiary/aromatic N) is 6. The topological polar surface area (TPSA) is 352 Å². The van der Waals surface area contributed by atoms with Gasteiger partial charge < -0.3 is 63.1 Å². The molecule has 10 rings (SSSR count). The Morgan fingerprint density at radius 1 is 0.679 bits per heavy atom. The number of aromatic amines is 2. The monoisotopic (exact) mass is 1160 g/mol. The molecule has 7 heterocycles. The van der Waals surface area contributed by atoms with Gasteiger partial charge in [0.2, 0.25) is 5.95 Å². The molecule has 0 radical (unpaired) electrons. The second-order valence-corrected chi connectivity index (χ2v) is 23.7. The SMILES string of the molecule is COc1ccc(C(OC[C@H]2O[C@@H](n3ccc(N)nc3=O)C[C@@H]2O[P@@](C)(=O)OC[C@H]2O[C@@H](n3cc(C)c(=O)[nH]c3=O)C[C@@H]2O[P@@](C)(=O)OC[C@H]2O[C@@H](n3cnc4c(=O)[nH]c(N)nc43)C[C@@H]2O)(c2ccccc2)c2ccc(OC)cc2)cc1. The van der Waals surface area contributed by atoms with Gasteiger partial charge in [-0.15, -0.1) is 0 Å². The number of aliphatic hydroxyl groups is 1. The van der Waals surface area contributed by atoms with Gasteiger partial charge in [-0.25, -0.2) is 14.6 Å². The number of fused-ring (bicyclic) bond motifs is 1. The third-order valence-electron chi connectivity index (χ3n) is 14.2. The number of ether oxygens (including phenoxy) is 6. The lowest BCUT2D eigenvalue weighted by atomic mass is 9.80. The summed E-state index contributed by atoms with van der Waals surface area (Å²) in [6.45, 7) is 2.76. The van der Waals surface area contributed by atoms with Crippen LogP contribution in [0.4, 0.5) is 11.8 Å². The first-order valence-electron chi connectivity index (χ1n) is 25.6. The van der Waals surface area contributed by atoms with Crippen molar-refractivity contribution in [2.45, 2.75) is 87.1 Å². The number of H-pyrrole nitrogens is 2. The van der Waals surface area contributed by atoms with E-state index in [0.29, 0.717) is 22.6 Å². The number of imidazole rings is 1. The fourth-order valence-electron chi connectivity index (χ4n) is 10.2. The van der Waals surface area contributed by atoms with Gasteiger partial charge in [0.05, 0.1) is 58.7 Å². The summed E-state index contributed by atoms with van der Waals surface area (Å²) in [5.74, 6) is 1.06. The number of nitrogens with two attached hydrogens (primary N) is 2. The number of hydrogen-bond acceptors (Lipinski definition) is 22. The van der Waals surface area contributed by atoms with Crippen molar-refractivity contribution >= 4 is 38.1 Å². The molecule has 3 aliphatic rings. The highest BCUT2D eigenvalue weighted by atomic mass is 31.2. The van der Waals surface area contributed by atoms with Crippen molar-refractivity contribution in [1.82, 2.24) is 38.6 Å². The number of benzene rings is 3. The number of aromatic nitrogens is 8. The van der Waals surface area contributed by atoms with Crippen molar-refractivity contribution in [2.75, 3.05) is 58.8 Å². The summed E-state index contributed by atoms with van der Waals surface area (Å²) in [7, 11) is -5.21. The maximum Gasteiger partial charge on any atom is 0.351 e. The van der Waals surface area contributed by atoms with Crippen LogP contribution in [0.25, 0.3) is 11.2 Å². The summed E-state index contributed by atoms with van der Waals surface area (Å²) in [6.07, 6.45) is -5.76. The number of anilines is 2. The predicted molar refractivity (Wildman–Crippen MR) is 290 cm³/mol. The minimum Gasteiger partial charge on any atom is -0.497 e. The van der Waals surface area contributed by atoms with E-state index in [9.17, 15) is 33.4 Å². The van der Waals surface area contributed by atoms with Crippen molar-refractivity contribution in [2.24, 2.45) is 0 Å². The highest BCUT2D eigenvalue weighted by Gasteiger charge is 2.47. The number of rotatable bonds is 21. The summed E-state index contributed by atoms with van der Waals surface area (Å²) < 4.78 is 94.4. The maximum absolute atomic E-state index is 14.8. The zero-order valence-corrected chi connectivity index (χ0v) is 46.3. The number of hydrogen-bond donors (Lipinski definition) is 5. The predicted octanol–water partition coefficient (Wildman–Crippen LogP) is 4.10. The van der Waals surface area contributed by atoms with Crippen LogP contribution in [-0.2, 0) is 51.8 Å². The van der Waals surface area contributed by atoms with E-state index in [4.69, 9.17) is 58.0 Å². The number of methoxy groups -OCH3 is 2. The van der Waals surface area contributed by atoms with Crippen LogP contribution in [0.3, 0.4) is 0 Å². The molecule has 3 fully saturated rings. The lowest BCUT2D eigenvalue weighted by Crippen LogP contribution is -2.38. The molecule has 7 aromatic rings. The van der Waals surface area contributed by atoms with E-state index in [1.54, 1.807) is 14.2 Å². The summed E-state index contributed by atoms with van der Waals surface area (Å²) in [5.41, 5.74) is 10.1. The van der Waals surface area contributed by atoms with Gasteiger partial charge in [0, 0.05) is 50.5 Å². The van der Waals surface area contributed by atoms with Crippen LogP contribution in [0, 0.1) is 6.92 Å². The van der Waals surface area contributed by atoms with Gasteiger partial charge in [0.25, 0.3) is 11.1 Å². The standard InChI is InChI=1S/C52H60N10O17P2/c1-29-24-61(51(67)59-47(29)64)44-23-37(79-80(4,68)73-26-38-35(63)21-42(75-38)62-28-55-45-46(62)57-49(54)58-48(45)65)40(77-44)27-74-81(5,69)78-36-22-43(60-20-19-41(53)56-50(60)66)76-39(36)25-72-52(30-9-7-6-8-10-30,31-11-15-33(70-2)16-12-31)32-13-17-34(71-3)18-14-32/h6-20,24,28,35-40,42-44,63H,21-23,25-27H2,1-5H3,(H2,53,56,66)(H,59,64,67)(H3,54,57,58,65)/t35-,36-,37-,38+,39+,40+,42+,43+,44+,80-,81-/m0/s1. The van der Waals surface area contributed by atoms with E-state index >= 15 is 0 Å². The number of aryl methyl sites for hydroxylation is 1. The van der Waals surface area contributed by atoms with Gasteiger partial charge in [-0.3, -0.25) is 42.4 Å². The number of nitrogens with one attached hydrogen (secondary N) is 2. The fraction of sp³-hybridized carbons (Fsp3) is 0.404. The molecule has 0 spiro atoms. The Kier molecular flexibility index (Phi) is 16.5. The smallest absolute Gasteiger partial charge is 0.351 e. The van der Waals surface area contributed by atoms with Crippen molar-refractivity contribution < 1.29 is 60.8 Å². The normalized spacial score (nSPS) is 24.5. The van der Waals surface area contributed by atoms with E-state index in [0.717, 1.165) is 10.1 Å². The van der Waals surface area contributed by atoms with Crippen molar-refractivity contribution in [3.05, 3.63) is 168 Å². The third-order valence-corrected chi connectivity index (χ3v) is 16.7. The van der Waals surface area contributed by atoms with Crippen LogP contribution >= 0.6 is 15.2 Å². The van der Waals surface area contributed by atoms with Crippen molar-refractivity contribution in [3.63, 3.8) is 0 Å². The average molecular weight is 1160 g/mol. The lowest BCUT2D eigenvalue weighted by Gasteiger charge is -2.37. The highest BCUT2D eigenvalue weighted by Crippen LogP contribution is 2.53. The van der Waals surface area contributed by atoms with Crippen LogP contribution in [0.1, 0.15) is 60.2 Å². The van der Waals surface area contributed by atoms with E-state index in [-0.39, 0.29) is 54.4 Å². The van der Waals surface area contributed by atoms with E-state index in [1.165, 1.54) is 54.2 Å². The van der Waals surface area contributed by atoms with E-state index < -0.39 is 112 Å². The van der Waals surface area contributed by atoms with E-state index in [1.807, 2.05) is 78.9 Å². The molecule has 3 saturated heterocycles. The number of nitrogen functional groups attached to an aromatic ring is 2. The van der Waals surface area contributed by atoms with Gasteiger partial charge in [0.1, 0.15) is 59.9 Å². The summed E-state index contributed by atoms with van der Waals surface area (Å²) in [4.78, 5) is 68.0. The van der Waals surface area contributed by atoms with E-state index in [2.05, 4.69) is 24.9 Å². The quantitative estimate of drug-likeness (QED) is 0.0499. The summed E-state index contributed by atoms with van der Waals surface area (Å²) in [5, 5.41) is 11.0. The molecule has 0 aliphatic carbocycles. The second kappa shape index (κ2) is 23.4.